The van der Waals surface area contributed by atoms with E-state index in [-0.39, 0.29) is 5.91 Å². The van der Waals surface area contributed by atoms with Gasteiger partial charge in [0.05, 0.1) is 0 Å². The second-order valence-corrected chi connectivity index (χ2v) is 3.86. The van der Waals surface area contributed by atoms with Crippen molar-refractivity contribution in [2.45, 2.75) is 13.3 Å². The van der Waals surface area contributed by atoms with E-state index in [1.807, 2.05) is 19.1 Å². The first-order valence-electron chi connectivity index (χ1n) is 5.47. The molecule has 0 aliphatic carbocycles. The summed E-state index contributed by atoms with van der Waals surface area (Å²) in [4.78, 5) is 13.8. The molecular weight excluding hydrogens is 204 g/mol. The third kappa shape index (κ3) is 2.02. The van der Waals surface area contributed by atoms with E-state index in [1.165, 1.54) is 0 Å². The number of nitrogens with two attached hydrogens (primary N) is 1. The van der Waals surface area contributed by atoms with E-state index in [2.05, 4.69) is 0 Å². The van der Waals surface area contributed by atoms with Gasteiger partial charge in [0.15, 0.2) is 0 Å². The van der Waals surface area contributed by atoms with Gasteiger partial charge < -0.3 is 15.4 Å². The predicted molar refractivity (Wildman–Crippen MR) is 62.1 cm³/mol. The zero-order valence-electron chi connectivity index (χ0n) is 9.40. The molecule has 86 valence electrons. The Morgan fingerprint density at radius 2 is 2.31 bits per heavy atom. The summed E-state index contributed by atoms with van der Waals surface area (Å²) in [6.45, 7) is 3.62. The highest BCUT2D eigenvalue weighted by Crippen LogP contribution is 2.21. The fourth-order valence-corrected chi connectivity index (χ4v) is 1.86. The topological polar surface area (TPSA) is 55.6 Å². The van der Waals surface area contributed by atoms with Crippen molar-refractivity contribution in [1.82, 2.24) is 4.90 Å². The largest absolute Gasteiger partial charge is 0.399 e. The predicted octanol–water partition coefficient (Wildman–Crippen LogP) is 1.26. The molecule has 0 unspecified atom stereocenters. The van der Waals surface area contributed by atoms with Gasteiger partial charge in [-0.25, -0.2) is 0 Å². The summed E-state index contributed by atoms with van der Waals surface area (Å²) in [5.41, 5.74) is 8.11. The number of anilines is 1. The quantitative estimate of drug-likeness (QED) is 0.780. The summed E-state index contributed by atoms with van der Waals surface area (Å²) in [6.07, 6.45) is 0.869. The highest BCUT2D eigenvalue weighted by atomic mass is 16.5. The van der Waals surface area contributed by atoms with Gasteiger partial charge in [-0.05, 0) is 31.0 Å². The number of carbonyl (C=O) groups excluding carboxylic acids is 1. The molecular formula is C12H16N2O2. The van der Waals surface area contributed by atoms with Crippen LogP contribution in [-0.2, 0) is 11.2 Å². The maximum Gasteiger partial charge on any atom is 0.256 e. The monoisotopic (exact) mass is 220 g/mol. The third-order valence-electron chi connectivity index (χ3n) is 2.75. The van der Waals surface area contributed by atoms with Crippen molar-refractivity contribution in [3.63, 3.8) is 0 Å². The van der Waals surface area contributed by atoms with Gasteiger partial charge in [-0.3, -0.25) is 4.79 Å². The van der Waals surface area contributed by atoms with Crippen molar-refractivity contribution < 1.29 is 9.53 Å². The van der Waals surface area contributed by atoms with Crippen molar-refractivity contribution in [3.05, 3.63) is 29.3 Å². The first kappa shape index (κ1) is 11.0. The fraction of sp³-hybridized carbons (Fsp3) is 0.417. The molecule has 0 saturated heterocycles. The number of nitrogens with zero attached hydrogens (tertiary/aromatic N) is 1. The summed E-state index contributed by atoms with van der Waals surface area (Å²) in [7, 11) is 0. The molecule has 0 radical (unpaired) electrons. The molecule has 0 aromatic heterocycles. The van der Waals surface area contributed by atoms with Crippen molar-refractivity contribution >= 4 is 11.6 Å². The van der Waals surface area contributed by atoms with Gasteiger partial charge in [0.1, 0.15) is 6.73 Å². The van der Waals surface area contributed by atoms with E-state index in [1.54, 1.807) is 11.0 Å². The van der Waals surface area contributed by atoms with Crippen LogP contribution in [0, 0.1) is 0 Å². The Morgan fingerprint density at radius 3 is 3.06 bits per heavy atom. The van der Waals surface area contributed by atoms with Gasteiger partial charge in [-0.2, -0.15) is 0 Å². The molecule has 1 aromatic rings. The second kappa shape index (κ2) is 4.53. The zero-order valence-corrected chi connectivity index (χ0v) is 9.40. The Kier molecular flexibility index (Phi) is 3.10. The molecule has 2 rings (SSSR count). The minimum absolute atomic E-state index is 0.0157. The Balaban J connectivity index is 2.20. The Morgan fingerprint density at radius 1 is 1.50 bits per heavy atom. The summed E-state index contributed by atoms with van der Waals surface area (Å²) >= 11 is 0. The average Bonchev–Trinajstić information content (AvgIpc) is 2.29. The van der Waals surface area contributed by atoms with Gasteiger partial charge >= 0.3 is 0 Å². The molecule has 1 heterocycles. The summed E-state index contributed by atoms with van der Waals surface area (Å²) < 4.78 is 5.26. The lowest BCUT2D eigenvalue weighted by Gasteiger charge is -2.28. The number of benzene rings is 1. The number of carbonyl (C=O) groups is 1. The summed E-state index contributed by atoms with van der Waals surface area (Å²) in [5.74, 6) is 0.0157. The van der Waals surface area contributed by atoms with E-state index in [0.29, 0.717) is 24.6 Å². The number of nitrogen functional groups attached to an aromatic ring is 1. The second-order valence-electron chi connectivity index (χ2n) is 3.86. The van der Waals surface area contributed by atoms with Crippen LogP contribution in [0.2, 0.25) is 0 Å². The molecule has 0 spiro atoms. The van der Waals surface area contributed by atoms with Crippen molar-refractivity contribution in [2.75, 3.05) is 25.6 Å². The first-order valence-corrected chi connectivity index (χ1v) is 5.47. The highest BCUT2D eigenvalue weighted by Gasteiger charge is 2.23. The lowest BCUT2D eigenvalue weighted by Crippen LogP contribution is -2.39. The van der Waals surface area contributed by atoms with E-state index in [9.17, 15) is 4.79 Å². The maximum atomic E-state index is 12.1. The molecule has 1 aliphatic heterocycles. The van der Waals surface area contributed by atoms with Crippen LogP contribution in [0.5, 0.6) is 0 Å². The van der Waals surface area contributed by atoms with Crippen LogP contribution in [-0.4, -0.2) is 30.7 Å². The Labute approximate surface area is 95.0 Å². The van der Waals surface area contributed by atoms with Crippen LogP contribution in [0.25, 0.3) is 0 Å². The molecule has 0 bridgehead atoms. The minimum Gasteiger partial charge on any atom is -0.399 e. The van der Waals surface area contributed by atoms with E-state index in [0.717, 1.165) is 18.5 Å². The lowest BCUT2D eigenvalue weighted by molar-refractivity contribution is 0.0265. The number of rotatable bonds is 3. The molecule has 1 amide bonds. The number of hydrogen-bond acceptors (Lipinski definition) is 3. The Bertz CT molecular complexity index is 404. The smallest absolute Gasteiger partial charge is 0.256 e. The standard InChI is InChI=1S/C12H16N2O2/c1-2-16-8-14-6-5-9-3-4-10(13)7-11(9)12(14)15/h3-4,7H,2,5-6,8,13H2,1H3. The number of fused-ring (bicyclic) bond motifs is 1. The third-order valence-corrected chi connectivity index (χ3v) is 2.75. The number of hydrogen-bond donors (Lipinski definition) is 1. The number of amides is 1. The molecule has 0 fully saturated rings. The molecule has 16 heavy (non-hydrogen) atoms. The van der Waals surface area contributed by atoms with E-state index in [4.69, 9.17) is 10.5 Å². The van der Waals surface area contributed by atoms with Crippen LogP contribution >= 0.6 is 0 Å². The molecule has 0 saturated carbocycles. The summed E-state index contributed by atoms with van der Waals surface area (Å²) in [6, 6.07) is 5.51. The van der Waals surface area contributed by atoms with Gasteiger partial charge in [-0.15, -0.1) is 0 Å². The SMILES string of the molecule is CCOCN1CCc2ccc(N)cc2C1=O. The van der Waals surface area contributed by atoms with Crippen molar-refractivity contribution in [3.8, 4) is 0 Å². The first-order chi connectivity index (χ1) is 7.72. The van der Waals surface area contributed by atoms with Crippen molar-refractivity contribution in [2.24, 2.45) is 0 Å². The van der Waals surface area contributed by atoms with Gasteiger partial charge in [-0.1, -0.05) is 6.07 Å². The fourth-order valence-electron chi connectivity index (χ4n) is 1.86. The minimum atomic E-state index is 0.0157. The molecule has 4 nitrogen and oxygen atoms in total. The molecule has 1 aliphatic rings. The number of ether oxygens (including phenoxy) is 1. The highest BCUT2D eigenvalue weighted by molar-refractivity contribution is 5.97. The van der Waals surface area contributed by atoms with E-state index >= 15 is 0 Å². The van der Waals surface area contributed by atoms with Gasteiger partial charge in [0.2, 0.25) is 0 Å². The van der Waals surface area contributed by atoms with Crippen LogP contribution in [0.1, 0.15) is 22.8 Å². The van der Waals surface area contributed by atoms with Crippen LogP contribution in [0.15, 0.2) is 18.2 Å². The average molecular weight is 220 g/mol. The van der Waals surface area contributed by atoms with Gasteiger partial charge in [0, 0.05) is 24.4 Å². The normalized spacial score (nSPS) is 15.1. The molecule has 0 atom stereocenters. The molecule has 2 N–H and O–H groups in total. The maximum absolute atomic E-state index is 12.1. The Hall–Kier alpha value is -1.55. The van der Waals surface area contributed by atoms with E-state index < -0.39 is 0 Å². The molecule has 4 heteroatoms. The summed E-state index contributed by atoms with van der Waals surface area (Å²) in [5, 5.41) is 0. The van der Waals surface area contributed by atoms with Crippen LogP contribution in [0.4, 0.5) is 5.69 Å². The van der Waals surface area contributed by atoms with Gasteiger partial charge in [0.25, 0.3) is 5.91 Å². The van der Waals surface area contributed by atoms with Crippen LogP contribution < -0.4 is 5.73 Å². The van der Waals surface area contributed by atoms with Crippen LogP contribution in [0.3, 0.4) is 0 Å². The van der Waals surface area contributed by atoms with Crippen molar-refractivity contribution in [1.29, 1.82) is 0 Å². The molecule has 1 aromatic carbocycles. The lowest BCUT2D eigenvalue weighted by atomic mass is 9.99. The zero-order chi connectivity index (χ0) is 11.5.